The molecular formula is C21H24Cl2N3O2+. The van der Waals surface area contributed by atoms with Crippen LogP contribution in [0.25, 0.3) is 0 Å². The van der Waals surface area contributed by atoms with Crippen molar-refractivity contribution in [1.29, 1.82) is 0 Å². The van der Waals surface area contributed by atoms with Crippen LogP contribution in [-0.4, -0.2) is 37.5 Å². The molecule has 1 aliphatic heterocycles. The molecular weight excluding hydrogens is 397 g/mol. The van der Waals surface area contributed by atoms with E-state index in [1.54, 1.807) is 24.3 Å². The molecule has 1 heterocycles. The van der Waals surface area contributed by atoms with E-state index in [2.05, 4.69) is 22.8 Å². The van der Waals surface area contributed by atoms with Crippen molar-refractivity contribution >= 4 is 35.0 Å². The Labute approximate surface area is 175 Å². The van der Waals surface area contributed by atoms with E-state index in [9.17, 15) is 9.59 Å². The average Bonchev–Trinajstić information content (AvgIpc) is 2.70. The first kappa shape index (κ1) is 20.6. The minimum atomic E-state index is -0.283. The van der Waals surface area contributed by atoms with Gasteiger partial charge >= 0.3 is 0 Å². The molecule has 0 aliphatic carbocycles. The van der Waals surface area contributed by atoms with Gasteiger partial charge in [0.25, 0.3) is 5.91 Å². The molecule has 0 unspecified atom stereocenters. The number of hydrogen-bond acceptors (Lipinski definition) is 2. The van der Waals surface area contributed by atoms with Gasteiger partial charge in [-0.3, -0.25) is 9.59 Å². The number of hydrogen-bond donors (Lipinski definition) is 3. The van der Waals surface area contributed by atoms with Gasteiger partial charge in [0.2, 0.25) is 5.91 Å². The summed E-state index contributed by atoms with van der Waals surface area (Å²) in [5.74, 6) is -0.442. The summed E-state index contributed by atoms with van der Waals surface area (Å²) in [6, 6.07) is 14.7. The summed E-state index contributed by atoms with van der Waals surface area (Å²) in [5, 5.41) is 6.99. The first-order chi connectivity index (χ1) is 13.5. The molecule has 0 radical (unpaired) electrons. The molecule has 0 atom stereocenters. The third-order valence-electron chi connectivity index (χ3n) is 4.94. The number of nitrogens with one attached hydrogen (secondary N) is 3. The largest absolute Gasteiger partial charge is 0.351 e. The van der Waals surface area contributed by atoms with Crippen LogP contribution in [0.2, 0.25) is 10.0 Å². The minimum Gasteiger partial charge on any atom is -0.351 e. The smallest absolute Gasteiger partial charge is 0.251 e. The maximum Gasteiger partial charge on any atom is 0.251 e. The van der Waals surface area contributed by atoms with E-state index in [0.717, 1.165) is 37.5 Å². The number of piperidine rings is 1. The molecule has 28 heavy (non-hydrogen) atoms. The zero-order chi connectivity index (χ0) is 19.9. The number of halogens is 2. The molecule has 0 spiro atoms. The van der Waals surface area contributed by atoms with Crippen molar-refractivity contribution in [2.24, 2.45) is 0 Å². The van der Waals surface area contributed by atoms with E-state index in [-0.39, 0.29) is 24.4 Å². The Morgan fingerprint density at radius 2 is 1.50 bits per heavy atom. The highest BCUT2D eigenvalue weighted by molar-refractivity contribution is 6.30. The maximum absolute atomic E-state index is 12.1. The molecule has 148 valence electrons. The highest BCUT2D eigenvalue weighted by Gasteiger charge is 2.23. The van der Waals surface area contributed by atoms with Gasteiger partial charge in [-0.05, 0) is 36.4 Å². The molecule has 0 aromatic heterocycles. The van der Waals surface area contributed by atoms with Crippen LogP contribution >= 0.6 is 23.2 Å². The van der Waals surface area contributed by atoms with Crippen LogP contribution in [-0.2, 0) is 11.3 Å². The van der Waals surface area contributed by atoms with E-state index in [1.807, 2.05) is 12.1 Å². The molecule has 1 aliphatic rings. The fourth-order valence-corrected chi connectivity index (χ4v) is 3.63. The highest BCUT2D eigenvalue weighted by atomic mass is 35.5. The van der Waals surface area contributed by atoms with Crippen LogP contribution in [0, 0.1) is 0 Å². The SMILES string of the molecule is O=C(CNC(=O)c1ccc(Cl)cc1)NC1CC[NH+](Cc2ccc(Cl)cc2)CC1. The Kier molecular flexibility index (Phi) is 7.31. The zero-order valence-electron chi connectivity index (χ0n) is 15.5. The van der Waals surface area contributed by atoms with Gasteiger partial charge in [0, 0.05) is 40.1 Å². The molecule has 7 heteroatoms. The maximum atomic E-state index is 12.1. The van der Waals surface area contributed by atoms with Gasteiger partial charge in [0.15, 0.2) is 0 Å². The Balaban J connectivity index is 1.37. The lowest BCUT2D eigenvalue weighted by Crippen LogP contribution is -3.12. The topological polar surface area (TPSA) is 62.6 Å². The van der Waals surface area contributed by atoms with Crippen LogP contribution in [0.5, 0.6) is 0 Å². The number of likely N-dealkylation sites (tertiary alicyclic amines) is 1. The molecule has 3 N–H and O–H groups in total. The van der Waals surface area contributed by atoms with Crippen molar-refractivity contribution in [3.63, 3.8) is 0 Å². The summed E-state index contributed by atoms with van der Waals surface area (Å²) < 4.78 is 0. The lowest BCUT2D eigenvalue weighted by atomic mass is 10.0. The van der Waals surface area contributed by atoms with E-state index in [1.165, 1.54) is 10.5 Å². The van der Waals surface area contributed by atoms with Gasteiger partial charge in [-0.1, -0.05) is 35.3 Å². The van der Waals surface area contributed by atoms with Gasteiger partial charge in [-0.25, -0.2) is 0 Å². The first-order valence-electron chi connectivity index (χ1n) is 9.41. The van der Waals surface area contributed by atoms with Crippen LogP contribution in [0.15, 0.2) is 48.5 Å². The third-order valence-corrected chi connectivity index (χ3v) is 5.45. The fraction of sp³-hybridized carbons (Fsp3) is 0.333. The number of carbonyl (C=O) groups excluding carboxylic acids is 2. The molecule has 5 nitrogen and oxygen atoms in total. The average molecular weight is 421 g/mol. The molecule has 1 saturated heterocycles. The highest BCUT2D eigenvalue weighted by Crippen LogP contribution is 2.10. The second-order valence-electron chi connectivity index (χ2n) is 7.08. The van der Waals surface area contributed by atoms with Crippen LogP contribution < -0.4 is 15.5 Å². The standard InChI is InChI=1S/C21H23Cl2N3O2/c22-17-5-1-15(2-6-17)14-26-11-9-19(10-12-26)25-20(27)13-24-21(28)16-3-7-18(23)8-4-16/h1-8,19H,9-14H2,(H,24,28)(H,25,27)/p+1. The number of quaternary nitrogens is 1. The van der Waals surface area contributed by atoms with Crippen LogP contribution in [0.4, 0.5) is 0 Å². The van der Waals surface area contributed by atoms with Gasteiger partial charge in [0.1, 0.15) is 6.54 Å². The summed E-state index contributed by atoms with van der Waals surface area (Å²) in [4.78, 5) is 25.7. The fourth-order valence-electron chi connectivity index (χ4n) is 3.38. The van der Waals surface area contributed by atoms with Gasteiger partial charge in [-0.2, -0.15) is 0 Å². The number of carbonyl (C=O) groups is 2. The molecule has 0 saturated carbocycles. The normalized spacial score (nSPS) is 19.1. The van der Waals surface area contributed by atoms with Crippen molar-refractivity contribution < 1.29 is 14.5 Å². The monoisotopic (exact) mass is 420 g/mol. The molecule has 2 amide bonds. The van der Waals surface area contributed by atoms with Gasteiger partial charge < -0.3 is 15.5 Å². The summed E-state index contributed by atoms with van der Waals surface area (Å²) in [6.07, 6.45) is 1.86. The lowest BCUT2D eigenvalue weighted by Gasteiger charge is -2.29. The summed E-state index contributed by atoms with van der Waals surface area (Å²) in [6.45, 7) is 2.95. The molecule has 3 rings (SSSR count). The van der Waals surface area contributed by atoms with Gasteiger partial charge in [-0.15, -0.1) is 0 Å². The Morgan fingerprint density at radius 1 is 0.929 bits per heavy atom. The Bertz CT molecular complexity index is 801. The quantitative estimate of drug-likeness (QED) is 0.669. The van der Waals surface area contributed by atoms with Crippen molar-refractivity contribution in [3.8, 4) is 0 Å². The zero-order valence-corrected chi connectivity index (χ0v) is 17.0. The number of amides is 2. The van der Waals surface area contributed by atoms with Gasteiger partial charge in [0.05, 0.1) is 19.6 Å². The van der Waals surface area contributed by atoms with Crippen molar-refractivity contribution in [2.45, 2.75) is 25.4 Å². The molecule has 0 bridgehead atoms. The van der Waals surface area contributed by atoms with E-state index < -0.39 is 0 Å². The van der Waals surface area contributed by atoms with Crippen molar-refractivity contribution in [1.82, 2.24) is 10.6 Å². The lowest BCUT2D eigenvalue weighted by molar-refractivity contribution is -0.918. The van der Waals surface area contributed by atoms with E-state index in [4.69, 9.17) is 23.2 Å². The van der Waals surface area contributed by atoms with Crippen molar-refractivity contribution in [3.05, 3.63) is 69.7 Å². The summed E-state index contributed by atoms with van der Waals surface area (Å²) in [7, 11) is 0. The summed E-state index contributed by atoms with van der Waals surface area (Å²) >= 11 is 11.7. The van der Waals surface area contributed by atoms with Crippen LogP contribution in [0.3, 0.4) is 0 Å². The second-order valence-corrected chi connectivity index (χ2v) is 7.96. The molecule has 2 aromatic carbocycles. The minimum absolute atomic E-state index is 0.0285. The van der Waals surface area contributed by atoms with E-state index in [0.29, 0.717) is 10.6 Å². The third kappa shape index (κ3) is 6.23. The Morgan fingerprint density at radius 3 is 2.11 bits per heavy atom. The Hall–Kier alpha value is -2.08. The molecule has 1 fully saturated rings. The first-order valence-corrected chi connectivity index (χ1v) is 10.2. The van der Waals surface area contributed by atoms with Crippen molar-refractivity contribution in [2.75, 3.05) is 19.6 Å². The predicted octanol–water partition coefficient (Wildman–Crippen LogP) is 2.09. The number of benzene rings is 2. The predicted molar refractivity (Wildman–Crippen MR) is 111 cm³/mol. The molecule has 2 aromatic rings. The summed E-state index contributed by atoms with van der Waals surface area (Å²) in [5.41, 5.74) is 1.75. The number of rotatable bonds is 6. The van der Waals surface area contributed by atoms with E-state index >= 15 is 0 Å². The van der Waals surface area contributed by atoms with Crippen LogP contribution in [0.1, 0.15) is 28.8 Å². The second kappa shape index (κ2) is 9.92.